The van der Waals surface area contributed by atoms with E-state index in [-0.39, 0.29) is 12.5 Å². The third kappa shape index (κ3) is 5.03. The van der Waals surface area contributed by atoms with Crippen LogP contribution in [0.4, 0.5) is 0 Å². The molecular formula is C22H28N4O2. The summed E-state index contributed by atoms with van der Waals surface area (Å²) in [6.07, 6.45) is 0.906. The van der Waals surface area contributed by atoms with E-state index >= 15 is 0 Å². The van der Waals surface area contributed by atoms with Crippen molar-refractivity contribution in [3.8, 4) is 5.75 Å². The molecule has 0 aromatic heterocycles. The van der Waals surface area contributed by atoms with Crippen LogP contribution in [0.5, 0.6) is 5.75 Å². The molecule has 1 aliphatic heterocycles. The summed E-state index contributed by atoms with van der Waals surface area (Å²) in [4.78, 5) is 18.7. The third-order valence-corrected chi connectivity index (χ3v) is 4.83. The van der Waals surface area contributed by atoms with Gasteiger partial charge in [-0.2, -0.15) is 0 Å². The molecule has 0 saturated heterocycles. The Morgan fingerprint density at radius 3 is 2.64 bits per heavy atom. The number of para-hydroxylation sites is 1. The van der Waals surface area contributed by atoms with Gasteiger partial charge in [0.05, 0.1) is 13.2 Å². The van der Waals surface area contributed by atoms with Crippen LogP contribution in [-0.4, -0.2) is 43.5 Å². The van der Waals surface area contributed by atoms with Crippen LogP contribution in [0.1, 0.15) is 23.6 Å². The smallest absolute Gasteiger partial charge is 0.242 e. The van der Waals surface area contributed by atoms with Crippen LogP contribution in [0, 0.1) is 0 Å². The molecule has 3 rings (SSSR count). The van der Waals surface area contributed by atoms with Gasteiger partial charge >= 0.3 is 0 Å². The van der Waals surface area contributed by atoms with E-state index in [1.54, 1.807) is 7.05 Å². The molecule has 6 heteroatoms. The highest BCUT2D eigenvalue weighted by atomic mass is 16.5. The van der Waals surface area contributed by atoms with Crippen LogP contribution in [0.15, 0.2) is 53.5 Å². The molecule has 2 aromatic rings. The third-order valence-electron chi connectivity index (χ3n) is 4.83. The van der Waals surface area contributed by atoms with Crippen molar-refractivity contribution in [2.45, 2.75) is 26.4 Å². The normalized spacial score (nSPS) is 13.6. The SMILES string of the molecule is CCOc1ccccc1CNC(=NC)NCC(=O)N1CCc2ccccc2C1. The number of nitrogens with one attached hydrogen (secondary N) is 2. The number of nitrogens with zero attached hydrogens (tertiary/aromatic N) is 2. The molecule has 1 aliphatic rings. The minimum Gasteiger partial charge on any atom is -0.494 e. The second-order valence-electron chi connectivity index (χ2n) is 6.65. The molecule has 28 heavy (non-hydrogen) atoms. The number of hydrogen-bond donors (Lipinski definition) is 2. The predicted octanol–water partition coefficient (Wildman–Crippen LogP) is 2.34. The van der Waals surface area contributed by atoms with Gasteiger partial charge in [0.2, 0.25) is 5.91 Å². The van der Waals surface area contributed by atoms with E-state index < -0.39 is 0 Å². The molecule has 0 radical (unpaired) electrons. The van der Waals surface area contributed by atoms with E-state index in [1.807, 2.05) is 42.2 Å². The first-order valence-corrected chi connectivity index (χ1v) is 9.71. The van der Waals surface area contributed by atoms with Crippen LogP contribution in [0.2, 0.25) is 0 Å². The average Bonchev–Trinajstić information content (AvgIpc) is 2.74. The van der Waals surface area contributed by atoms with E-state index in [1.165, 1.54) is 11.1 Å². The van der Waals surface area contributed by atoms with Gasteiger partial charge in [0.1, 0.15) is 5.75 Å². The summed E-state index contributed by atoms with van der Waals surface area (Å²) in [5, 5.41) is 6.37. The zero-order valence-corrected chi connectivity index (χ0v) is 16.6. The Morgan fingerprint density at radius 1 is 1.11 bits per heavy atom. The Morgan fingerprint density at radius 2 is 1.86 bits per heavy atom. The summed E-state index contributed by atoms with van der Waals surface area (Å²) < 4.78 is 5.65. The van der Waals surface area contributed by atoms with Gasteiger partial charge < -0.3 is 20.3 Å². The topological polar surface area (TPSA) is 66.0 Å². The number of guanidine groups is 1. The summed E-state index contributed by atoms with van der Waals surface area (Å²) in [5.41, 5.74) is 3.62. The van der Waals surface area contributed by atoms with Crippen molar-refractivity contribution in [3.63, 3.8) is 0 Å². The number of carbonyl (C=O) groups is 1. The van der Waals surface area contributed by atoms with Crippen LogP contribution in [0.3, 0.4) is 0 Å². The number of carbonyl (C=O) groups excluding carboxylic acids is 1. The molecule has 0 atom stereocenters. The largest absolute Gasteiger partial charge is 0.494 e. The fraction of sp³-hybridized carbons (Fsp3) is 0.364. The summed E-state index contributed by atoms with van der Waals surface area (Å²) >= 11 is 0. The highest BCUT2D eigenvalue weighted by Crippen LogP contribution is 2.18. The van der Waals surface area contributed by atoms with Crippen molar-refractivity contribution in [2.75, 3.05) is 26.7 Å². The van der Waals surface area contributed by atoms with Crippen molar-refractivity contribution in [2.24, 2.45) is 4.99 Å². The van der Waals surface area contributed by atoms with Crippen LogP contribution in [0.25, 0.3) is 0 Å². The highest BCUT2D eigenvalue weighted by molar-refractivity contribution is 5.86. The van der Waals surface area contributed by atoms with Gasteiger partial charge in [-0.3, -0.25) is 9.79 Å². The summed E-state index contributed by atoms with van der Waals surface area (Å²) in [5.74, 6) is 1.53. The number of aliphatic imine (C=N–C) groups is 1. The van der Waals surface area contributed by atoms with E-state index in [0.717, 1.165) is 24.3 Å². The van der Waals surface area contributed by atoms with Crippen molar-refractivity contribution >= 4 is 11.9 Å². The monoisotopic (exact) mass is 380 g/mol. The number of benzene rings is 2. The Labute approximate surface area is 166 Å². The molecule has 6 nitrogen and oxygen atoms in total. The minimum atomic E-state index is 0.0761. The minimum absolute atomic E-state index is 0.0761. The molecule has 0 aliphatic carbocycles. The Balaban J connectivity index is 1.50. The first-order valence-electron chi connectivity index (χ1n) is 9.71. The second-order valence-corrected chi connectivity index (χ2v) is 6.65. The summed E-state index contributed by atoms with van der Waals surface area (Å²) in [7, 11) is 1.70. The Hall–Kier alpha value is -3.02. The van der Waals surface area contributed by atoms with E-state index in [2.05, 4.69) is 33.8 Å². The van der Waals surface area contributed by atoms with Crippen molar-refractivity contribution in [1.82, 2.24) is 15.5 Å². The number of ether oxygens (including phenoxy) is 1. The zero-order chi connectivity index (χ0) is 19.8. The molecule has 2 N–H and O–H groups in total. The molecule has 0 bridgehead atoms. The van der Waals surface area contributed by atoms with Crippen molar-refractivity contribution in [1.29, 1.82) is 0 Å². The maximum Gasteiger partial charge on any atom is 0.242 e. The predicted molar refractivity (Wildman–Crippen MR) is 111 cm³/mol. The van der Waals surface area contributed by atoms with Gasteiger partial charge in [-0.15, -0.1) is 0 Å². The summed E-state index contributed by atoms with van der Waals surface area (Å²) in [6.45, 7) is 4.80. The zero-order valence-electron chi connectivity index (χ0n) is 16.6. The molecule has 0 spiro atoms. The van der Waals surface area contributed by atoms with E-state index in [9.17, 15) is 4.79 Å². The fourth-order valence-electron chi connectivity index (χ4n) is 3.33. The van der Waals surface area contributed by atoms with Crippen molar-refractivity contribution in [3.05, 3.63) is 65.2 Å². The van der Waals surface area contributed by atoms with E-state index in [0.29, 0.717) is 25.7 Å². The number of rotatable bonds is 6. The average molecular weight is 380 g/mol. The van der Waals surface area contributed by atoms with Gasteiger partial charge in [0.25, 0.3) is 0 Å². The fourth-order valence-corrected chi connectivity index (χ4v) is 3.33. The molecule has 0 unspecified atom stereocenters. The lowest BCUT2D eigenvalue weighted by molar-refractivity contribution is -0.130. The first-order chi connectivity index (χ1) is 13.7. The van der Waals surface area contributed by atoms with Gasteiger partial charge in [-0.25, -0.2) is 0 Å². The van der Waals surface area contributed by atoms with Crippen LogP contribution in [-0.2, 0) is 24.3 Å². The number of hydrogen-bond acceptors (Lipinski definition) is 3. The molecule has 148 valence electrons. The van der Waals surface area contributed by atoms with Crippen LogP contribution >= 0.6 is 0 Å². The summed E-state index contributed by atoms with van der Waals surface area (Å²) in [6, 6.07) is 16.2. The lowest BCUT2D eigenvalue weighted by Gasteiger charge is -2.29. The Kier molecular flexibility index (Phi) is 6.89. The van der Waals surface area contributed by atoms with E-state index in [4.69, 9.17) is 4.74 Å². The van der Waals surface area contributed by atoms with Gasteiger partial charge in [0.15, 0.2) is 5.96 Å². The lowest BCUT2D eigenvalue weighted by Crippen LogP contribution is -2.45. The maximum atomic E-state index is 12.6. The molecular weight excluding hydrogens is 352 g/mol. The number of fused-ring (bicyclic) bond motifs is 1. The standard InChI is InChI=1S/C22H28N4O2/c1-3-28-20-11-7-6-9-18(20)14-24-22(23-2)25-15-21(27)26-13-12-17-8-4-5-10-19(17)16-26/h4-11H,3,12-16H2,1-2H3,(H2,23,24,25). The number of amides is 1. The molecule has 2 aromatic carbocycles. The maximum absolute atomic E-state index is 12.6. The lowest BCUT2D eigenvalue weighted by atomic mass is 10.00. The van der Waals surface area contributed by atoms with Gasteiger partial charge in [-0.05, 0) is 30.5 Å². The first kappa shape index (κ1) is 19.7. The molecule has 1 amide bonds. The Bertz CT molecular complexity index is 835. The van der Waals surface area contributed by atoms with Crippen molar-refractivity contribution < 1.29 is 9.53 Å². The molecule has 0 saturated carbocycles. The van der Waals surface area contributed by atoms with Gasteiger partial charge in [-0.1, -0.05) is 42.5 Å². The van der Waals surface area contributed by atoms with Gasteiger partial charge in [0, 0.05) is 32.2 Å². The van der Waals surface area contributed by atoms with Crippen LogP contribution < -0.4 is 15.4 Å². The molecule has 1 heterocycles. The molecule has 0 fully saturated rings. The highest BCUT2D eigenvalue weighted by Gasteiger charge is 2.20. The second kappa shape index (κ2) is 9.78. The quantitative estimate of drug-likeness (QED) is 0.596.